The third-order valence-corrected chi connectivity index (χ3v) is 4.43. The molecule has 0 N–H and O–H groups in total. The van der Waals surface area contributed by atoms with E-state index in [0.29, 0.717) is 16.1 Å². The van der Waals surface area contributed by atoms with Crippen molar-refractivity contribution in [2.24, 2.45) is 0 Å². The monoisotopic (exact) mass is 292 g/mol. The standard InChI is InChI=1S/C17H12N2OS/c1-19(14-8-4-2-7-13(14)11-18)17(20)16-10-12-6-3-5-9-15(12)21-16/h2-10H,1H3. The minimum absolute atomic E-state index is 0.0982. The molecule has 3 nitrogen and oxygen atoms in total. The molecule has 0 atom stereocenters. The molecule has 1 amide bonds. The van der Waals surface area contributed by atoms with Gasteiger partial charge in [-0.15, -0.1) is 11.3 Å². The minimum atomic E-state index is -0.0982. The molecule has 0 saturated carbocycles. The highest BCUT2D eigenvalue weighted by molar-refractivity contribution is 7.20. The Morgan fingerprint density at radius 3 is 2.62 bits per heavy atom. The molecule has 0 fully saturated rings. The van der Waals surface area contributed by atoms with Gasteiger partial charge in [-0.3, -0.25) is 4.79 Å². The number of nitriles is 1. The van der Waals surface area contributed by atoms with Crippen LogP contribution in [0.5, 0.6) is 0 Å². The Kier molecular flexibility index (Phi) is 3.43. The van der Waals surface area contributed by atoms with Gasteiger partial charge in [0.15, 0.2) is 0 Å². The summed E-state index contributed by atoms with van der Waals surface area (Å²) in [4.78, 5) is 14.8. The number of rotatable bonds is 2. The Morgan fingerprint density at radius 1 is 1.14 bits per heavy atom. The van der Waals surface area contributed by atoms with Crippen LogP contribution in [0.4, 0.5) is 5.69 Å². The summed E-state index contributed by atoms with van der Waals surface area (Å²) in [6.07, 6.45) is 0. The largest absolute Gasteiger partial charge is 0.309 e. The Balaban J connectivity index is 1.99. The second-order valence-corrected chi connectivity index (χ2v) is 5.73. The minimum Gasteiger partial charge on any atom is -0.309 e. The highest BCUT2D eigenvalue weighted by Gasteiger charge is 2.18. The van der Waals surface area contributed by atoms with Gasteiger partial charge in [0.05, 0.1) is 16.1 Å². The number of carbonyl (C=O) groups excluding carboxylic acids is 1. The predicted molar refractivity (Wildman–Crippen MR) is 85.7 cm³/mol. The molecule has 0 saturated heterocycles. The van der Waals surface area contributed by atoms with Crippen LogP contribution in [0.2, 0.25) is 0 Å². The van der Waals surface area contributed by atoms with Crippen molar-refractivity contribution in [1.82, 2.24) is 0 Å². The van der Waals surface area contributed by atoms with Crippen LogP contribution in [-0.4, -0.2) is 13.0 Å². The van der Waals surface area contributed by atoms with E-state index >= 15 is 0 Å². The average molecular weight is 292 g/mol. The van der Waals surface area contributed by atoms with E-state index in [1.165, 1.54) is 16.2 Å². The van der Waals surface area contributed by atoms with Gasteiger partial charge in [0.2, 0.25) is 0 Å². The number of nitrogens with zero attached hydrogens (tertiary/aromatic N) is 2. The molecule has 0 spiro atoms. The van der Waals surface area contributed by atoms with Crippen LogP contribution >= 0.6 is 11.3 Å². The van der Waals surface area contributed by atoms with Crippen molar-refractivity contribution >= 4 is 33.0 Å². The molecule has 1 heterocycles. The number of hydrogen-bond donors (Lipinski definition) is 0. The van der Waals surface area contributed by atoms with Gasteiger partial charge in [-0.1, -0.05) is 30.3 Å². The van der Waals surface area contributed by atoms with Gasteiger partial charge in [-0.05, 0) is 29.7 Å². The van der Waals surface area contributed by atoms with Crippen LogP contribution in [0.3, 0.4) is 0 Å². The molecule has 4 heteroatoms. The molecule has 0 unspecified atom stereocenters. The summed E-state index contributed by atoms with van der Waals surface area (Å²) in [6.45, 7) is 0. The molecule has 102 valence electrons. The summed E-state index contributed by atoms with van der Waals surface area (Å²) in [5, 5.41) is 10.2. The SMILES string of the molecule is CN(C(=O)c1cc2ccccc2s1)c1ccccc1C#N. The summed E-state index contributed by atoms with van der Waals surface area (Å²) in [6, 6.07) is 19.0. The first-order valence-electron chi connectivity index (χ1n) is 6.46. The van der Waals surface area contributed by atoms with Crippen molar-refractivity contribution in [3.05, 3.63) is 65.0 Å². The first-order chi connectivity index (χ1) is 10.2. The van der Waals surface area contributed by atoms with Gasteiger partial charge < -0.3 is 4.90 Å². The lowest BCUT2D eigenvalue weighted by atomic mass is 10.1. The number of thiophene rings is 1. The number of benzene rings is 2. The number of fused-ring (bicyclic) bond motifs is 1. The van der Waals surface area contributed by atoms with Crippen LogP contribution in [0.15, 0.2) is 54.6 Å². The van der Waals surface area contributed by atoms with Crippen LogP contribution in [0.1, 0.15) is 15.2 Å². The van der Waals surface area contributed by atoms with Crippen LogP contribution in [0.25, 0.3) is 10.1 Å². The van der Waals surface area contributed by atoms with Gasteiger partial charge in [0.1, 0.15) is 6.07 Å². The second kappa shape index (κ2) is 5.39. The summed E-state index contributed by atoms with van der Waals surface area (Å²) in [7, 11) is 1.70. The zero-order chi connectivity index (χ0) is 14.8. The van der Waals surface area contributed by atoms with Crippen molar-refractivity contribution in [1.29, 1.82) is 5.26 Å². The Bertz CT molecular complexity index is 827. The molecule has 2 aromatic carbocycles. The van der Waals surface area contributed by atoms with Gasteiger partial charge in [-0.25, -0.2) is 0 Å². The summed E-state index contributed by atoms with van der Waals surface area (Å²) in [5.41, 5.74) is 1.12. The Labute approximate surface area is 126 Å². The maximum atomic E-state index is 12.6. The van der Waals surface area contributed by atoms with Crippen LogP contribution in [-0.2, 0) is 0 Å². The van der Waals surface area contributed by atoms with Gasteiger partial charge in [0, 0.05) is 11.7 Å². The Hall–Kier alpha value is -2.64. The number of hydrogen-bond acceptors (Lipinski definition) is 3. The molecule has 21 heavy (non-hydrogen) atoms. The fraction of sp³-hybridized carbons (Fsp3) is 0.0588. The molecule has 0 aliphatic carbocycles. The van der Waals surface area contributed by atoms with E-state index in [9.17, 15) is 4.79 Å². The van der Waals surface area contributed by atoms with Crippen molar-refractivity contribution in [3.8, 4) is 6.07 Å². The van der Waals surface area contributed by atoms with Crippen molar-refractivity contribution in [3.63, 3.8) is 0 Å². The van der Waals surface area contributed by atoms with E-state index in [1.807, 2.05) is 36.4 Å². The lowest BCUT2D eigenvalue weighted by molar-refractivity contribution is 0.0997. The number of anilines is 1. The average Bonchev–Trinajstić information content (AvgIpc) is 2.97. The molecule has 0 radical (unpaired) electrons. The van der Waals surface area contributed by atoms with E-state index in [-0.39, 0.29) is 5.91 Å². The van der Waals surface area contributed by atoms with Crippen LogP contribution < -0.4 is 4.90 Å². The summed E-state index contributed by atoms with van der Waals surface area (Å²) in [5.74, 6) is -0.0982. The molecule has 1 aromatic heterocycles. The fourth-order valence-electron chi connectivity index (χ4n) is 2.22. The number of amides is 1. The van der Waals surface area contributed by atoms with Crippen LogP contribution in [0, 0.1) is 11.3 Å². The quantitative estimate of drug-likeness (QED) is 0.715. The number of carbonyl (C=O) groups is 1. The van der Waals surface area contributed by atoms with Crippen molar-refractivity contribution in [2.45, 2.75) is 0 Å². The predicted octanol–water partition coefficient (Wildman–Crippen LogP) is 4.05. The van der Waals surface area contributed by atoms with E-state index in [2.05, 4.69) is 6.07 Å². The molecule has 0 aliphatic heterocycles. The lowest BCUT2D eigenvalue weighted by Gasteiger charge is -2.17. The molecular weight excluding hydrogens is 280 g/mol. The van der Waals surface area contributed by atoms with Gasteiger partial charge >= 0.3 is 0 Å². The maximum absolute atomic E-state index is 12.6. The molecular formula is C17H12N2OS. The topological polar surface area (TPSA) is 44.1 Å². The number of para-hydroxylation sites is 1. The maximum Gasteiger partial charge on any atom is 0.268 e. The summed E-state index contributed by atoms with van der Waals surface area (Å²) >= 11 is 1.47. The second-order valence-electron chi connectivity index (χ2n) is 4.64. The van der Waals surface area contributed by atoms with E-state index in [0.717, 1.165) is 10.1 Å². The third kappa shape index (κ3) is 2.39. The zero-order valence-corrected chi connectivity index (χ0v) is 12.2. The van der Waals surface area contributed by atoms with Crippen molar-refractivity contribution < 1.29 is 4.79 Å². The molecule has 3 aromatic rings. The third-order valence-electron chi connectivity index (χ3n) is 3.33. The van der Waals surface area contributed by atoms with E-state index in [1.54, 1.807) is 25.2 Å². The fourth-order valence-corrected chi connectivity index (χ4v) is 3.26. The highest BCUT2D eigenvalue weighted by Crippen LogP contribution is 2.28. The highest BCUT2D eigenvalue weighted by atomic mass is 32.1. The smallest absolute Gasteiger partial charge is 0.268 e. The Morgan fingerprint density at radius 2 is 1.86 bits per heavy atom. The first-order valence-corrected chi connectivity index (χ1v) is 7.28. The molecule has 0 bridgehead atoms. The normalized spacial score (nSPS) is 10.3. The molecule has 3 rings (SSSR count). The van der Waals surface area contributed by atoms with Gasteiger partial charge in [0.25, 0.3) is 5.91 Å². The van der Waals surface area contributed by atoms with Gasteiger partial charge in [-0.2, -0.15) is 5.26 Å². The van der Waals surface area contributed by atoms with Crippen molar-refractivity contribution in [2.75, 3.05) is 11.9 Å². The first kappa shape index (κ1) is 13.3. The van der Waals surface area contributed by atoms with E-state index in [4.69, 9.17) is 5.26 Å². The zero-order valence-electron chi connectivity index (χ0n) is 11.4. The molecule has 0 aliphatic rings. The lowest BCUT2D eigenvalue weighted by Crippen LogP contribution is -2.26. The summed E-state index contributed by atoms with van der Waals surface area (Å²) < 4.78 is 1.09. The van der Waals surface area contributed by atoms with E-state index < -0.39 is 0 Å².